The van der Waals surface area contributed by atoms with Crippen LogP contribution in [-0.2, 0) is 0 Å². The number of pyridine rings is 1. The molecule has 0 saturated heterocycles. The van der Waals surface area contributed by atoms with Crippen molar-refractivity contribution in [3.05, 3.63) is 95.8 Å². The van der Waals surface area contributed by atoms with Crippen LogP contribution in [0.15, 0.2) is 84.2 Å². The largest absolute Gasteiger partial charge is 0.486 e. The number of hydrazone groups is 1. The first-order valence-electron chi connectivity index (χ1n) is 8.27. The van der Waals surface area contributed by atoms with Crippen molar-refractivity contribution in [1.29, 1.82) is 0 Å². The Balaban J connectivity index is 1.55. The molecule has 0 aliphatic carbocycles. The van der Waals surface area contributed by atoms with Crippen molar-refractivity contribution < 1.29 is 9.53 Å². The van der Waals surface area contributed by atoms with Crippen LogP contribution in [0.3, 0.4) is 0 Å². The van der Waals surface area contributed by atoms with E-state index in [0.29, 0.717) is 5.56 Å². The van der Waals surface area contributed by atoms with Crippen LogP contribution in [0.5, 0.6) is 5.75 Å². The first-order chi connectivity index (χ1) is 12.7. The Morgan fingerprint density at radius 2 is 1.73 bits per heavy atom. The van der Waals surface area contributed by atoms with E-state index in [1.807, 2.05) is 61.5 Å². The minimum atomic E-state index is -0.278. The Morgan fingerprint density at radius 3 is 2.42 bits per heavy atom. The molecular weight excluding hydrogens is 326 g/mol. The lowest BCUT2D eigenvalue weighted by molar-refractivity contribution is 0.0955. The van der Waals surface area contributed by atoms with Gasteiger partial charge in [-0.25, -0.2) is 5.43 Å². The molecule has 0 fully saturated rings. The molecule has 5 heteroatoms. The number of benzene rings is 2. The zero-order chi connectivity index (χ0) is 18.2. The van der Waals surface area contributed by atoms with Gasteiger partial charge in [-0.2, -0.15) is 5.10 Å². The summed E-state index contributed by atoms with van der Waals surface area (Å²) in [4.78, 5) is 15.7. The van der Waals surface area contributed by atoms with Crippen LogP contribution in [0, 0.1) is 0 Å². The third kappa shape index (κ3) is 4.77. The van der Waals surface area contributed by atoms with Crippen LogP contribution in [0.2, 0.25) is 0 Å². The lowest BCUT2D eigenvalue weighted by Crippen LogP contribution is -2.17. The Morgan fingerprint density at radius 1 is 1.04 bits per heavy atom. The molecular formula is C21H19N3O2. The Hall–Kier alpha value is -3.47. The van der Waals surface area contributed by atoms with Gasteiger partial charge in [-0.15, -0.1) is 0 Å². The zero-order valence-corrected chi connectivity index (χ0v) is 14.4. The van der Waals surface area contributed by atoms with E-state index in [9.17, 15) is 4.79 Å². The quantitative estimate of drug-likeness (QED) is 0.543. The van der Waals surface area contributed by atoms with Crippen LogP contribution in [0.4, 0.5) is 0 Å². The highest BCUT2D eigenvalue weighted by Gasteiger charge is 2.06. The molecule has 0 spiro atoms. The van der Waals surface area contributed by atoms with Gasteiger partial charge >= 0.3 is 0 Å². The normalized spacial score (nSPS) is 11.9. The average Bonchev–Trinajstić information content (AvgIpc) is 2.70. The summed E-state index contributed by atoms with van der Waals surface area (Å²) in [5, 5.41) is 3.97. The smallest absolute Gasteiger partial charge is 0.271 e. The zero-order valence-electron chi connectivity index (χ0n) is 14.4. The number of nitrogens with zero attached hydrogens (tertiary/aromatic N) is 2. The van der Waals surface area contributed by atoms with Crippen LogP contribution >= 0.6 is 0 Å². The van der Waals surface area contributed by atoms with Gasteiger partial charge in [0.1, 0.15) is 11.9 Å². The second-order valence-corrected chi connectivity index (χ2v) is 5.67. The molecule has 1 aromatic heterocycles. The second kappa shape index (κ2) is 8.58. The summed E-state index contributed by atoms with van der Waals surface area (Å²) in [6.07, 6.45) is 4.68. The van der Waals surface area contributed by atoms with Crippen LogP contribution in [0.25, 0.3) is 0 Å². The summed E-state index contributed by atoms with van der Waals surface area (Å²) < 4.78 is 5.94. The topological polar surface area (TPSA) is 63.6 Å². The van der Waals surface area contributed by atoms with Crippen LogP contribution in [0.1, 0.15) is 34.5 Å². The third-order valence-electron chi connectivity index (χ3n) is 3.78. The minimum absolute atomic E-state index is 0.0321. The van der Waals surface area contributed by atoms with Gasteiger partial charge in [0, 0.05) is 18.0 Å². The van der Waals surface area contributed by atoms with Gasteiger partial charge in [0.05, 0.1) is 6.21 Å². The monoisotopic (exact) mass is 345 g/mol. The first-order valence-corrected chi connectivity index (χ1v) is 8.27. The Bertz CT molecular complexity index is 863. The second-order valence-electron chi connectivity index (χ2n) is 5.67. The molecule has 3 aromatic rings. The molecule has 0 saturated carbocycles. The number of nitrogens with one attached hydrogen (secondary N) is 1. The molecule has 0 aliphatic heterocycles. The number of carbonyl (C=O) groups is 1. The molecule has 0 aliphatic rings. The molecule has 1 heterocycles. The lowest BCUT2D eigenvalue weighted by atomic mass is 10.1. The van der Waals surface area contributed by atoms with Crippen molar-refractivity contribution in [2.75, 3.05) is 0 Å². The predicted molar refractivity (Wildman–Crippen MR) is 101 cm³/mol. The van der Waals surface area contributed by atoms with Crippen molar-refractivity contribution in [2.45, 2.75) is 13.0 Å². The molecule has 3 rings (SSSR count). The van der Waals surface area contributed by atoms with Gasteiger partial charge in [-0.3, -0.25) is 9.78 Å². The highest BCUT2D eigenvalue weighted by atomic mass is 16.5. The summed E-state index contributed by atoms with van der Waals surface area (Å²) in [5.41, 5.74) is 4.98. The maximum atomic E-state index is 11.9. The predicted octanol–water partition coefficient (Wildman–Crippen LogP) is 3.99. The third-order valence-corrected chi connectivity index (χ3v) is 3.78. The summed E-state index contributed by atoms with van der Waals surface area (Å²) in [6, 6.07) is 20.8. The molecule has 130 valence electrons. The molecule has 0 radical (unpaired) electrons. The van der Waals surface area contributed by atoms with E-state index < -0.39 is 0 Å². The van der Waals surface area contributed by atoms with E-state index in [1.54, 1.807) is 30.7 Å². The number of aromatic nitrogens is 1. The number of amides is 1. The molecule has 0 unspecified atom stereocenters. The SMILES string of the molecule is C[C@H](Oc1ccc(/C=N\NC(=O)c2ccncc2)cc1)c1ccccc1. The minimum Gasteiger partial charge on any atom is -0.486 e. The number of hydrogen-bond acceptors (Lipinski definition) is 4. The van der Waals surface area contributed by atoms with E-state index in [0.717, 1.165) is 16.9 Å². The number of carbonyl (C=O) groups excluding carboxylic acids is 1. The van der Waals surface area contributed by atoms with Gasteiger partial charge in [0.15, 0.2) is 0 Å². The highest BCUT2D eigenvalue weighted by Crippen LogP contribution is 2.21. The van der Waals surface area contributed by atoms with E-state index in [4.69, 9.17) is 4.74 Å². The standard InChI is InChI=1S/C21H19N3O2/c1-16(18-5-3-2-4-6-18)26-20-9-7-17(8-10-20)15-23-24-21(25)19-11-13-22-14-12-19/h2-16H,1H3,(H,24,25)/b23-15-/t16-/m0/s1. The van der Waals surface area contributed by atoms with Gasteiger partial charge in [0.25, 0.3) is 5.91 Å². The van der Waals surface area contributed by atoms with Gasteiger partial charge < -0.3 is 4.74 Å². The van der Waals surface area contributed by atoms with E-state index in [2.05, 4.69) is 15.5 Å². The highest BCUT2D eigenvalue weighted by molar-refractivity contribution is 5.94. The number of rotatable bonds is 6. The molecule has 2 aromatic carbocycles. The fraction of sp³-hybridized carbons (Fsp3) is 0.0952. The molecule has 1 atom stereocenters. The number of ether oxygens (including phenoxy) is 1. The molecule has 26 heavy (non-hydrogen) atoms. The van der Waals surface area contributed by atoms with E-state index >= 15 is 0 Å². The van der Waals surface area contributed by atoms with Crippen molar-refractivity contribution in [3.8, 4) is 5.75 Å². The van der Waals surface area contributed by atoms with Gasteiger partial charge in [-0.1, -0.05) is 30.3 Å². The summed E-state index contributed by atoms with van der Waals surface area (Å²) in [5.74, 6) is 0.500. The van der Waals surface area contributed by atoms with Crippen molar-refractivity contribution >= 4 is 12.1 Å². The summed E-state index contributed by atoms with van der Waals surface area (Å²) in [7, 11) is 0. The van der Waals surface area contributed by atoms with Crippen molar-refractivity contribution in [1.82, 2.24) is 10.4 Å². The summed E-state index contributed by atoms with van der Waals surface area (Å²) >= 11 is 0. The maximum Gasteiger partial charge on any atom is 0.271 e. The summed E-state index contributed by atoms with van der Waals surface area (Å²) in [6.45, 7) is 2.01. The Labute approximate surface area is 152 Å². The number of hydrogen-bond donors (Lipinski definition) is 1. The van der Waals surface area contributed by atoms with E-state index in [-0.39, 0.29) is 12.0 Å². The van der Waals surface area contributed by atoms with Gasteiger partial charge in [0.2, 0.25) is 0 Å². The van der Waals surface area contributed by atoms with Crippen LogP contribution in [-0.4, -0.2) is 17.1 Å². The van der Waals surface area contributed by atoms with Crippen molar-refractivity contribution in [2.24, 2.45) is 5.10 Å². The molecule has 1 amide bonds. The lowest BCUT2D eigenvalue weighted by Gasteiger charge is -2.15. The van der Waals surface area contributed by atoms with Gasteiger partial charge in [-0.05, 0) is 54.4 Å². The molecule has 0 bridgehead atoms. The van der Waals surface area contributed by atoms with Crippen molar-refractivity contribution in [3.63, 3.8) is 0 Å². The molecule has 1 N–H and O–H groups in total. The average molecular weight is 345 g/mol. The fourth-order valence-corrected chi connectivity index (χ4v) is 2.36. The first kappa shape index (κ1) is 17.4. The maximum absolute atomic E-state index is 11.9. The van der Waals surface area contributed by atoms with Crippen LogP contribution < -0.4 is 10.2 Å². The Kier molecular flexibility index (Phi) is 5.72. The molecule has 5 nitrogen and oxygen atoms in total. The van der Waals surface area contributed by atoms with E-state index in [1.165, 1.54) is 0 Å². The fourth-order valence-electron chi connectivity index (χ4n) is 2.36.